The Kier molecular flexibility index (Phi) is 4.65. The summed E-state index contributed by atoms with van der Waals surface area (Å²) in [7, 11) is 0. The number of carboxylic acids is 1. The lowest BCUT2D eigenvalue weighted by molar-refractivity contribution is -0.143. The Morgan fingerprint density at radius 2 is 2.29 bits per heavy atom. The number of carbonyl (C=O) groups excluding carboxylic acids is 1. The number of hydrogen-bond donors (Lipinski definition) is 3. The summed E-state index contributed by atoms with van der Waals surface area (Å²) in [5, 5.41) is 12.0. The maximum Gasteiger partial charge on any atom is 0.326 e. The van der Waals surface area contributed by atoms with E-state index in [1.54, 1.807) is 6.20 Å². The third kappa shape index (κ3) is 3.83. The van der Waals surface area contributed by atoms with E-state index in [0.29, 0.717) is 5.69 Å². The summed E-state index contributed by atoms with van der Waals surface area (Å²) in [5.41, 5.74) is 0.630. The highest BCUT2D eigenvalue weighted by Gasteiger charge is 2.38. The molecule has 2 rings (SSSR count). The van der Waals surface area contributed by atoms with Gasteiger partial charge in [-0.25, -0.2) is 9.78 Å². The molecule has 0 spiro atoms. The van der Waals surface area contributed by atoms with Crippen molar-refractivity contribution in [3.8, 4) is 0 Å². The molecule has 1 aromatic heterocycles. The van der Waals surface area contributed by atoms with Crippen LogP contribution in [0.5, 0.6) is 0 Å². The highest BCUT2D eigenvalue weighted by Crippen LogP contribution is 2.40. The SMILES string of the molecule is CC1(C)CCCCC1C(=O)NC(Cc1cnc[nH]1)C(=O)O. The van der Waals surface area contributed by atoms with Gasteiger partial charge in [0, 0.05) is 24.2 Å². The second-order valence-electron chi connectivity index (χ2n) is 6.47. The van der Waals surface area contributed by atoms with Crippen molar-refractivity contribution in [2.45, 2.75) is 52.0 Å². The molecule has 1 fully saturated rings. The third-order valence-electron chi connectivity index (χ3n) is 4.42. The number of carboxylic acid groups (broad SMARTS) is 1. The lowest BCUT2D eigenvalue weighted by Crippen LogP contribution is -2.48. The fraction of sp³-hybridized carbons (Fsp3) is 0.667. The van der Waals surface area contributed by atoms with Gasteiger partial charge in [0.25, 0.3) is 0 Å². The normalized spacial score (nSPS) is 22.5. The third-order valence-corrected chi connectivity index (χ3v) is 4.42. The summed E-state index contributed by atoms with van der Waals surface area (Å²) in [6.45, 7) is 4.17. The van der Waals surface area contributed by atoms with Gasteiger partial charge in [0.15, 0.2) is 0 Å². The van der Waals surface area contributed by atoms with Crippen LogP contribution in [0.1, 0.15) is 45.2 Å². The van der Waals surface area contributed by atoms with E-state index < -0.39 is 12.0 Å². The fourth-order valence-electron chi connectivity index (χ4n) is 3.07. The van der Waals surface area contributed by atoms with Crippen molar-refractivity contribution in [2.75, 3.05) is 0 Å². The molecule has 1 aliphatic rings. The average molecular weight is 293 g/mol. The van der Waals surface area contributed by atoms with Crippen LogP contribution in [0, 0.1) is 11.3 Å². The Morgan fingerprint density at radius 3 is 2.86 bits per heavy atom. The van der Waals surface area contributed by atoms with E-state index >= 15 is 0 Å². The predicted molar refractivity (Wildman–Crippen MR) is 77.6 cm³/mol. The van der Waals surface area contributed by atoms with Crippen LogP contribution in [-0.2, 0) is 16.0 Å². The molecular weight excluding hydrogens is 270 g/mol. The van der Waals surface area contributed by atoms with Gasteiger partial charge in [0.2, 0.25) is 5.91 Å². The van der Waals surface area contributed by atoms with Gasteiger partial charge in [-0.1, -0.05) is 26.7 Å². The van der Waals surface area contributed by atoms with Crippen LogP contribution in [0.3, 0.4) is 0 Å². The number of carbonyl (C=O) groups is 2. The lowest BCUT2D eigenvalue weighted by atomic mass is 9.68. The van der Waals surface area contributed by atoms with Gasteiger partial charge in [0.05, 0.1) is 6.33 Å². The largest absolute Gasteiger partial charge is 0.480 e. The number of imidazole rings is 1. The molecule has 0 aromatic carbocycles. The number of H-pyrrole nitrogens is 1. The first kappa shape index (κ1) is 15.5. The molecule has 1 amide bonds. The molecule has 21 heavy (non-hydrogen) atoms. The molecule has 1 aliphatic carbocycles. The Balaban J connectivity index is 2.02. The standard InChI is InChI=1S/C15H23N3O3/c1-15(2)6-4-3-5-11(15)13(19)18-12(14(20)21)7-10-8-16-9-17-10/h8-9,11-12H,3-7H2,1-2H3,(H,16,17)(H,18,19)(H,20,21). The second kappa shape index (κ2) is 6.28. The minimum Gasteiger partial charge on any atom is -0.480 e. The van der Waals surface area contributed by atoms with Crippen LogP contribution in [0.4, 0.5) is 0 Å². The summed E-state index contributed by atoms with van der Waals surface area (Å²) in [6, 6.07) is -0.921. The minimum atomic E-state index is -1.02. The molecule has 116 valence electrons. The summed E-state index contributed by atoms with van der Waals surface area (Å²) in [4.78, 5) is 30.5. The van der Waals surface area contributed by atoms with Gasteiger partial charge >= 0.3 is 5.97 Å². The molecule has 0 radical (unpaired) electrons. The molecule has 6 nitrogen and oxygen atoms in total. The highest BCUT2D eigenvalue weighted by atomic mass is 16.4. The van der Waals surface area contributed by atoms with Crippen LogP contribution in [-0.4, -0.2) is 33.0 Å². The van der Waals surface area contributed by atoms with E-state index in [0.717, 1.165) is 25.7 Å². The van der Waals surface area contributed by atoms with Crippen LogP contribution >= 0.6 is 0 Å². The van der Waals surface area contributed by atoms with Gasteiger partial charge < -0.3 is 15.4 Å². The summed E-state index contributed by atoms with van der Waals surface area (Å²) in [6.07, 6.45) is 7.28. The zero-order chi connectivity index (χ0) is 15.5. The van der Waals surface area contributed by atoms with Crippen LogP contribution < -0.4 is 5.32 Å². The maximum atomic E-state index is 12.5. The van der Waals surface area contributed by atoms with Crippen LogP contribution in [0.15, 0.2) is 12.5 Å². The molecule has 2 unspecified atom stereocenters. The Labute approximate surface area is 124 Å². The number of rotatable bonds is 5. The van der Waals surface area contributed by atoms with Crippen molar-refractivity contribution < 1.29 is 14.7 Å². The molecule has 0 saturated heterocycles. The monoisotopic (exact) mass is 293 g/mol. The average Bonchev–Trinajstić information content (AvgIpc) is 2.90. The topological polar surface area (TPSA) is 95.1 Å². The lowest BCUT2D eigenvalue weighted by Gasteiger charge is -2.38. The smallest absolute Gasteiger partial charge is 0.326 e. The summed E-state index contributed by atoms with van der Waals surface area (Å²) in [5.74, 6) is -1.28. The molecule has 1 saturated carbocycles. The first-order chi connectivity index (χ1) is 9.90. The number of nitrogens with one attached hydrogen (secondary N) is 2. The summed E-state index contributed by atoms with van der Waals surface area (Å²) < 4.78 is 0. The van der Waals surface area contributed by atoms with Crippen LogP contribution in [0.25, 0.3) is 0 Å². The molecule has 1 aromatic rings. The molecule has 1 heterocycles. The fourth-order valence-corrected chi connectivity index (χ4v) is 3.07. The molecule has 0 aliphatic heterocycles. The summed E-state index contributed by atoms with van der Waals surface area (Å²) >= 11 is 0. The quantitative estimate of drug-likeness (QED) is 0.770. The first-order valence-corrected chi connectivity index (χ1v) is 7.40. The Morgan fingerprint density at radius 1 is 1.52 bits per heavy atom. The second-order valence-corrected chi connectivity index (χ2v) is 6.47. The van der Waals surface area contributed by atoms with Crippen LogP contribution in [0.2, 0.25) is 0 Å². The number of nitrogens with zero attached hydrogens (tertiary/aromatic N) is 1. The molecule has 2 atom stereocenters. The van der Waals surface area contributed by atoms with E-state index in [2.05, 4.69) is 29.1 Å². The zero-order valence-electron chi connectivity index (χ0n) is 12.6. The number of aromatic nitrogens is 2. The van der Waals surface area contributed by atoms with Gasteiger partial charge in [-0.3, -0.25) is 4.79 Å². The van der Waals surface area contributed by atoms with E-state index in [9.17, 15) is 14.7 Å². The minimum absolute atomic E-state index is 0.0701. The van der Waals surface area contributed by atoms with Crippen molar-refractivity contribution in [3.05, 3.63) is 18.2 Å². The first-order valence-electron chi connectivity index (χ1n) is 7.40. The number of aromatic amines is 1. The highest BCUT2D eigenvalue weighted by molar-refractivity contribution is 5.85. The predicted octanol–water partition coefficient (Wildman–Crippen LogP) is 1.74. The number of hydrogen-bond acceptors (Lipinski definition) is 3. The van der Waals surface area contributed by atoms with E-state index in [-0.39, 0.29) is 23.7 Å². The van der Waals surface area contributed by atoms with Gasteiger partial charge in [-0.05, 0) is 18.3 Å². The van der Waals surface area contributed by atoms with E-state index in [4.69, 9.17) is 0 Å². The zero-order valence-corrected chi connectivity index (χ0v) is 12.6. The number of aliphatic carboxylic acids is 1. The molecule has 3 N–H and O–H groups in total. The van der Waals surface area contributed by atoms with Gasteiger partial charge in [-0.2, -0.15) is 0 Å². The van der Waals surface area contributed by atoms with E-state index in [1.165, 1.54) is 6.33 Å². The van der Waals surface area contributed by atoms with Crippen molar-refractivity contribution in [1.29, 1.82) is 0 Å². The Hall–Kier alpha value is -1.85. The molecule has 0 bridgehead atoms. The maximum absolute atomic E-state index is 12.5. The van der Waals surface area contributed by atoms with Gasteiger partial charge in [-0.15, -0.1) is 0 Å². The Bertz CT molecular complexity index is 496. The van der Waals surface area contributed by atoms with Crippen molar-refractivity contribution in [2.24, 2.45) is 11.3 Å². The van der Waals surface area contributed by atoms with Crippen molar-refractivity contribution in [1.82, 2.24) is 15.3 Å². The van der Waals surface area contributed by atoms with E-state index in [1.807, 2.05) is 0 Å². The van der Waals surface area contributed by atoms with Gasteiger partial charge in [0.1, 0.15) is 6.04 Å². The number of amides is 1. The molecule has 6 heteroatoms. The van der Waals surface area contributed by atoms with Crippen molar-refractivity contribution >= 4 is 11.9 Å². The van der Waals surface area contributed by atoms with Crippen molar-refractivity contribution in [3.63, 3.8) is 0 Å². The molecular formula is C15H23N3O3.